The molecule has 0 aliphatic carbocycles. The van der Waals surface area contributed by atoms with Gasteiger partial charge in [-0.15, -0.1) is 0 Å². The Hall–Kier alpha value is -1.70. The van der Waals surface area contributed by atoms with E-state index in [1.54, 1.807) is 18.6 Å². The minimum Gasteiger partial charge on any atom is -0.264 e. The number of aromatic nitrogens is 2. The van der Waals surface area contributed by atoms with Crippen LogP contribution in [-0.4, -0.2) is 9.97 Å². The van der Waals surface area contributed by atoms with Gasteiger partial charge in [0.1, 0.15) is 0 Å². The van der Waals surface area contributed by atoms with Crippen LogP contribution in [0.25, 0.3) is 11.3 Å². The number of pyridine rings is 2. The Balaban J connectivity index is 2.46. The lowest BCUT2D eigenvalue weighted by Gasteiger charge is -1.96. The number of nitrogens with zero attached hydrogens (tertiary/aromatic N) is 2. The van der Waals surface area contributed by atoms with E-state index in [2.05, 4.69) is 16.0 Å². The molecule has 0 unspecified atom stereocenters. The summed E-state index contributed by atoms with van der Waals surface area (Å²) in [5.74, 6) is 0. The number of hydrogen-bond donors (Lipinski definition) is 0. The fourth-order valence-corrected chi connectivity index (χ4v) is 0.986. The maximum atomic E-state index is 4.15. The van der Waals surface area contributed by atoms with E-state index in [9.17, 15) is 0 Å². The largest absolute Gasteiger partial charge is 0.264 e. The Morgan fingerprint density at radius 1 is 1.17 bits per heavy atom. The van der Waals surface area contributed by atoms with E-state index in [-0.39, 0.29) is 0 Å². The smallest absolute Gasteiger partial charge is 0.0796 e. The zero-order chi connectivity index (χ0) is 8.23. The Labute approximate surface area is 70.9 Å². The summed E-state index contributed by atoms with van der Waals surface area (Å²) >= 11 is 0. The fraction of sp³-hybridized carbons (Fsp3) is 0. The molecule has 0 spiro atoms. The van der Waals surface area contributed by atoms with Crippen molar-refractivity contribution < 1.29 is 0 Å². The van der Waals surface area contributed by atoms with Crippen molar-refractivity contribution >= 4 is 0 Å². The quantitative estimate of drug-likeness (QED) is 0.629. The van der Waals surface area contributed by atoms with Crippen molar-refractivity contribution in [2.45, 2.75) is 0 Å². The van der Waals surface area contributed by atoms with Gasteiger partial charge in [0.25, 0.3) is 0 Å². The lowest BCUT2D eigenvalue weighted by Crippen LogP contribution is -1.81. The second kappa shape index (κ2) is 3.13. The van der Waals surface area contributed by atoms with Gasteiger partial charge in [-0.1, -0.05) is 6.07 Å². The van der Waals surface area contributed by atoms with Crippen molar-refractivity contribution in [1.29, 1.82) is 0 Å². The van der Waals surface area contributed by atoms with Crippen LogP contribution in [0.5, 0.6) is 0 Å². The van der Waals surface area contributed by atoms with Crippen molar-refractivity contribution in [3.63, 3.8) is 0 Å². The molecule has 0 fully saturated rings. The van der Waals surface area contributed by atoms with Gasteiger partial charge in [0.2, 0.25) is 0 Å². The Morgan fingerprint density at radius 3 is 2.83 bits per heavy atom. The van der Waals surface area contributed by atoms with Crippen LogP contribution in [0.3, 0.4) is 0 Å². The van der Waals surface area contributed by atoms with Gasteiger partial charge in [-0.05, 0) is 18.2 Å². The molecule has 0 saturated heterocycles. The molecule has 0 amide bonds. The second-order valence-corrected chi connectivity index (χ2v) is 2.37. The average molecular weight is 155 g/mol. The van der Waals surface area contributed by atoms with Crippen LogP contribution in [0.1, 0.15) is 0 Å². The van der Waals surface area contributed by atoms with Gasteiger partial charge in [-0.2, -0.15) is 0 Å². The summed E-state index contributed by atoms with van der Waals surface area (Å²) in [7, 11) is 0. The van der Waals surface area contributed by atoms with Gasteiger partial charge >= 0.3 is 0 Å². The molecule has 0 saturated carbocycles. The molecule has 2 aromatic heterocycles. The van der Waals surface area contributed by atoms with Crippen molar-refractivity contribution in [2.24, 2.45) is 0 Å². The predicted octanol–water partition coefficient (Wildman–Crippen LogP) is 1.94. The molecule has 57 valence electrons. The first-order valence-corrected chi connectivity index (χ1v) is 3.70. The van der Waals surface area contributed by atoms with Crippen LogP contribution in [-0.2, 0) is 0 Å². The van der Waals surface area contributed by atoms with Crippen LogP contribution >= 0.6 is 0 Å². The van der Waals surface area contributed by atoms with Gasteiger partial charge in [-0.25, -0.2) is 0 Å². The zero-order valence-electron chi connectivity index (χ0n) is 6.44. The van der Waals surface area contributed by atoms with E-state index in [1.165, 1.54) is 0 Å². The van der Waals surface area contributed by atoms with Gasteiger partial charge in [0.05, 0.1) is 5.69 Å². The number of rotatable bonds is 1. The van der Waals surface area contributed by atoms with E-state index < -0.39 is 0 Å². The van der Waals surface area contributed by atoms with Crippen LogP contribution in [0.4, 0.5) is 0 Å². The highest BCUT2D eigenvalue weighted by molar-refractivity contribution is 5.56. The van der Waals surface area contributed by atoms with Crippen LogP contribution in [0.2, 0.25) is 0 Å². The average Bonchev–Trinajstić information content (AvgIpc) is 2.21. The Bertz CT molecular complexity index is 305. The first kappa shape index (κ1) is 6.98. The third-order valence-corrected chi connectivity index (χ3v) is 1.54. The van der Waals surface area contributed by atoms with E-state index >= 15 is 0 Å². The summed E-state index contributed by atoms with van der Waals surface area (Å²) < 4.78 is 0. The fourth-order valence-electron chi connectivity index (χ4n) is 0.986. The Kier molecular flexibility index (Phi) is 1.82. The molecular formula is C10H7N2. The lowest BCUT2D eigenvalue weighted by molar-refractivity contribution is 1.27. The molecule has 0 aliphatic heterocycles. The Morgan fingerprint density at radius 2 is 2.17 bits per heavy atom. The first-order valence-electron chi connectivity index (χ1n) is 3.70. The van der Waals surface area contributed by atoms with Crippen molar-refractivity contribution in [2.75, 3.05) is 0 Å². The van der Waals surface area contributed by atoms with Crippen molar-refractivity contribution in [3.05, 3.63) is 48.9 Å². The molecule has 12 heavy (non-hydrogen) atoms. The van der Waals surface area contributed by atoms with Crippen LogP contribution in [0, 0.1) is 6.07 Å². The monoisotopic (exact) mass is 155 g/mol. The van der Waals surface area contributed by atoms with E-state index in [0.717, 1.165) is 11.3 Å². The predicted molar refractivity (Wildman–Crippen MR) is 46.3 cm³/mol. The summed E-state index contributed by atoms with van der Waals surface area (Å²) in [4.78, 5) is 8.15. The van der Waals surface area contributed by atoms with E-state index in [4.69, 9.17) is 0 Å². The summed E-state index contributed by atoms with van der Waals surface area (Å²) in [5, 5.41) is 0. The third kappa shape index (κ3) is 1.32. The van der Waals surface area contributed by atoms with Crippen LogP contribution in [0.15, 0.2) is 42.9 Å². The zero-order valence-corrected chi connectivity index (χ0v) is 6.44. The second-order valence-electron chi connectivity index (χ2n) is 2.37. The van der Waals surface area contributed by atoms with Crippen molar-refractivity contribution in [3.8, 4) is 11.3 Å². The summed E-state index contributed by atoms with van der Waals surface area (Å²) in [6.07, 6.45) is 5.27. The minimum atomic E-state index is 0.839. The first-order chi connectivity index (χ1) is 5.97. The molecule has 0 atom stereocenters. The molecule has 0 aliphatic rings. The maximum Gasteiger partial charge on any atom is 0.0796 e. The van der Waals surface area contributed by atoms with Crippen molar-refractivity contribution in [1.82, 2.24) is 9.97 Å². The maximum absolute atomic E-state index is 4.15. The molecule has 0 bridgehead atoms. The highest BCUT2D eigenvalue weighted by Crippen LogP contribution is 2.12. The van der Waals surface area contributed by atoms with Gasteiger partial charge in [0.15, 0.2) is 0 Å². The summed E-state index contributed by atoms with van der Waals surface area (Å²) in [5.41, 5.74) is 1.84. The number of hydrogen-bond acceptors (Lipinski definition) is 2. The van der Waals surface area contributed by atoms with E-state index in [1.807, 2.05) is 24.3 Å². The third-order valence-electron chi connectivity index (χ3n) is 1.54. The van der Waals surface area contributed by atoms with Crippen LogP contribution < -0.4 is 0 Å². The molecule has 2 aromatic rings. The summed E-state index contributed by atoms with van der Waals surface area (Å²) in [6, 6.07) is 10.6. The van der Waals surface area contributed by atoms with Gasteiger partial charge < -0.3 is 0 Å². The molecule has 2 heteroatoms. The SMILES string of the molecule is [c]1cccnc1-c1cccnc1. The molecule has 2 rings (SSSR count). The minimum absolute atomic E-state index is 0.839. The van der Waals surface area contributed by atoms with E-state index in [0.29, 0.717) is 0 Å². The molecule has 2 heterocycles. The molecule has 1 radical (unpaired) electrons. The molecule has 0 N–H and O–H groups in total. The molecule has 0 aromatic carbocycles. The summed E-state index contributed by atoms with van der Waals surface area (Å²) in [6.45, 7) is 0. The standard InChI is InChI=1S/C10H7N2/c1-2-7-12-10(5-1)9-4-3-6-11-8-9/h1-4,6-8H. The topological polar surface area (TPSA) is 25.8 Å². The highest BCUT2D eigenvalue weighted by atomic mass is 14.7. The highest BCUT2D eigenvalue weighted by Gasteiger charge is 1.95. The van der Waals surface area contributed by atoms with Gasteiger partial charge in [0, 0.05) is 30.2 Å². The molecular weight excluding hydrogens is 148 g/mol. The van der Waals surface area contributed by atoms with Gasteiger partial charge in [-0.3, -0.25) is 9.97 Å². The lowest BCUT2D eigenvalue weighted by atomic mass is 10.2. The normalized spacial score (nSPS) is 9.67. The molecule has 2 nitrogen and oxygen atoms in total.